The Hall–Kier alpha value is -4.14. The van der Waals surface area contributed by atoms with Crippen molar-refractivity contribution in [2.75, 3.05) is 30.6 Å². The number of carbonyl (C=O) groups excluding carboxylic acids is 2. The predicted molar refractivity (Wildman–Crippen MR) is 144 cm³/mol. The number of pyridine rings is 1. The number of amides is 2. The summed E-state index contributed by atoms with van der Waals surface area (Å²) in [6.07, 6.45) is 3.10. The van der Waals surface area contributed by atoms with Gasteiger partial charge in [-0.25, -0.2) is 0 Å². The Labute approximate surface area is 222 Å². The Morgan fingerprint density at radius 1 is 1.18 bits per heavy atom. The maximum Gasteiger partial charge on any atom is 0.270 e. The zero-order valence-corrected chi connectivity index (χ0v) is 22.8. The number of benzene rings is 1. The number of nitriles is 1. The summed E-state index contributed by atoms with van der Waals surface area (Å²) in [5.74, 6) is -0.585. The van der Waals surface area contributed by atoms with E-state index in [1.165, 1.54) is 13.3 Å². The molecule has 1 aliphatic heterocycles. The third-order valence-electron chi connectivity index (χ3n) is 6.07. The highest BCUT2D eigenvalue weighted by Crippen LogP contribution is 2.32. The molecule has 0 fully saturated rings. The molecule has 38 heavy (non-hydrogen) atoms. The van der Waals surface area contributed by atoms with Gasteiger partial charge in [0.2, 0.25) is 0 Å². The lowest BCUT2D eigenvalue weighted by molar-refractivity contribution is -0.118. The Morgan fingerprint density at radius 3 is 2.50 bits per heavy atom. The monoisotopic (exact) mass is 521 g/mol. The van der Waals surface area contributed by atoms with Crippen molar-refractivity contribution >= 4 is 23.2 Å². The number of rotatable bonds is 8. The number of methoxy groups -OCH3 is 1. The van der Waals surface area contributed by atoms with E-state index in [9.17, 15) is 20.0 Å². The van der Waals surface area contributed by atoms with Gasteiger partial charge in [-0.15, -0.1) is 5.53 Å². The molecular weight excluding hydrogens is 486 g/mol. The molecule has 0 spiro atoms. The van der Waals surface area contributed by atoms with Gasteiger partial charge < -0.3 is 20.5 Å². The molecule has 11 nitrogen and oxygen atoms in total. The SMILES string of the molecule is COc1c(C#N)cc(C(C)(C)C)cc1C(=O)Nc1cnc(C)c(N2C=C(C(=O)NCC(C)(C)CO)NN2)c1. The second-order valence-electron chi connectivity index (χ2n) is 10.9. The topological polar surface area (TPSA) is 152 Å². The minimum absolute atomic E-state index is 0.0578. The van der Waals surface area contributed by atoms with Crippen LogP contribution in [-0.2, 0) is 10.2 Å². The van der Waals surface area contributed by atoms with Gasteiger partial charge in [0.25, 0.3) is 11.8 Å². The van der Waals surface area contributed by atoms with Crippen LogP contribution in [-0.4, -0.2) is 42.2 Å². The molecule has 1 aromatic heterocycles. The van der Waals surface area contributed by atoms with Gasteiger partial charge in [0.1, 0.15) is 17.5 Å². The van der Waals surface area contributed by atoms with Crippen LogP contribution in [0.4, 0.5) is 11.4 Å². The molecular formula is C27H35N7O4. The molecule has 2 amide bonds. The molecule has 3 rings (SSSR count). The highest BCUT2D eigenvalue weighted by Gasteiger charge is 2.25. The molecule has 5 N–H and O–H groups in total. The number of hydrogen-bond donors (Lipinski definition) is 5. The third-order valence-corrected chi connectivity index (χ3v) is 6.07. The van der Waals surface area contributed by atoms with E-state index in [0.717, 1.165) is 5.56 Å². The largest absolute Gasteiger partial charge is 0.495 e. The van der Waals surface area contributed by atoms with E-state index in [0.29, 0.717) is 23.6 Å². The highest BCUT2D eigenvalue weighted by atomic mass is 16.5. The van der Waals surface area contributed by atoms with E-state index in [-0.39, 0.29) is 40.5 Å². The molecule has 0 atom stereocenters. The number of nitrogens with zero attached hydrogens (tertiary/aromatic N) is 3. The smallest absolute Gasteiger partial charge is 0.270 e. The number of ether oxygens (including phenoxy) is 1. The molecule has 2 heterocycles. The number of aromatic nitrogens is 1. The molecule has 0 unspecified atom stereocenters. The van der Waals surface area contributed by atoms with Crippen LogP contribution >= 0.6 is 0 Å². The average molecular weight is 522 g/mol. The van der Waals surface area contributed by atoms with E-state index < -0.39 is 11.3 Å². The van der Waals surface area contributed by atoms with Gasteiger partial charge in [0.05, 0.1) is 47.7 Å². The number of hydrazine groups is 2. The summed E-state index contributed by atoms with van der Waals surface area (Å²) in [4.78, 5) is 30.3. The van der Waals surface area contributed by atoms with Crippen LogP contribution in [0.15, 0.2) is 36.3 Å². The van der Waals surface area contributed by atoms with Crippen LogP contribution in [0.1, 0.15) is 61.8 Å². The van der Waals surface area contributed by atoms with Crippen molar-refractivity contribution in [2.24, 2.45) is 5.41 Å². The quantitative estimate of drug-likeness (QED) is 0.353. The first-order valence-electron chi connectivity index (χ1n) is 12.1. The van der Waals surface area contributed by atoms with Crippen LogP contribution in [0.3, 0.4) is 0 Å². The molecule has 0 saturated carbocycles. The first-order chi connectivity index (χ1) is 17.8. The summed E-state index contributed by atoms with van der Waals surface area (Å²) in [7, 11) is 1.42. The van der Waals surface area contributed by atoms with Gasteiger partial charge in [-0.2, -0.15) is 5.26 Å². The summed E-state index contributed by atoms with van der Waals surface area (Å²) in [5, 5.41) is 26.2. The van der Waals surface area contributed by atoms with Crippen molar-refractivity contribution in [3.63, 3.8) is 0 Å². The lowest BCUT2D eigenvalue weighted by Crippen LogP contribution is -2.41. The van der Waals surface area contributed by atoms with E-state index >= 15 is 0 Å². The minimum Gasteiger partial charge on any atom is -0.495 e. The predicted octanol–water partition coefficient (Wildman–Crippen LogP) is 2.63. The van der Waals surface area contributed by atoms with Gasteiger partial charge >= 0.3 is 0 Å². The molecule has 0 radical (unpaired) electrons. The molecule has 11 heteroatoms. The number of aryl methyl sites for hydroxylation is 1. The second kappa shape index (κ2) is 11.1. The fraction of sp³-hybridized carbons (Fsp3) is 0.407. The Kier molecular flexibility index (Phi) is 8.29. The standard InChI is InChI=1S/C27H35N7O4/c1-16-22(34-13-21(32-33-34)25(37)30-14-27(5,6)15-35)10-19(12-29-16)31-24(36)20-9-18(26(2,3)4)8-17(11-28)23(20)38-7/h8-10,12-13,32-33,35H,14-15H2,1-7H3,(H,30,37)(H,31,36). The summed E-state index contributed by atoms with van der Waals surface area (Å²) in [5.41, 5.74) is 8.27. The molecule has 1 aromatic carbocycles. The second-order valence-corrected chi connectivity index (χ2v) is 10.9. The van der Waals surface area contributed by atoms with Crippen LogP contribution in [0.25, 0.3) is 0 Å². The summed E-state index contributed by atoms with van der Waals surface area (Å²) in [6, 6.07) is 7.29. The number of carbonyl (C=O) groups is 2. The van der Waals surface area contributed by atoms with Crippen LogP contribution in [0.2, 0.25) is 0 Å². The van der Waals surface area contributed by atoms with Crippen molar-refractivity contribution in [3.05, 3.63) is 58.7 Å². The molecule has 2 aromatic rings. The molecule has 0 bridgehead atoms. The molecule has 0 saturated heterocycles. The van der Waals surface area contributed by atoms with E-state index in [1.807, 2.05) is 34.6 Å². The van der Waals surface area contributed by atoms with Gasteiger partial charge in [0, 0.05) is 18.6 Å². The maximum atomic E-state index is 13.3. The lowest BCUT2D eigenvalue weighted by atomic mass is 9.84. The Bertz CT molecular complexity index is 1310. The number of aliphatic hydroxyl groups excluding tert-OH is 1. The van der Waals surface area contributed by atoms with Crippen molar-refractivity contribution in [3.8, 4) is 11.8 Å². The van der Waals surface area contributed by atoms with Crippen molar-refractivity contribution in [2.45, 2.75) is 47.0 Å². The summed E-state index contributed by atoms with van der Waals surface area (Å²) < 4.78 is 5.42. The van der Waals surface area contributed by atoms with Crippen molar-refractivity contribution in [1.29, 1.82) is 5.26 Å². The average Bonchev–Trinajstić information content (AvgIpc) is 3.37. The minimum atomic E-state index is -0.448. The number of hydrogen-bond acceptors (Lipinski definition) is 9. The van der Waals surface area contributed by atoms with Crippen LogP contribution in [0.5, 0.6) is 5.75 Å². The first kappa shape index (κ1) is 28.4. The number of nitrogens with one attached hydrogen (secondary N) is 4. The van der Waals surface area contributed by atoms with Crippen LogP contribution in [0, 0.1) is 23.7 Å². The Morgan fingerprint density at radius 2 is 1.89 bits per heavy atom. The fourth-order valence-corrected chi connectivity index (χ4v) is 3.60. The number of anilines is 2. The van der Waals surface area contributed by atoms with E-state index in [4.69, 9.17) is 4.74 Å². The summed E-state index contributed by atoms with van der Waals surface area (Å²) >= 11 is 0. The van der Waals surface area contributed by atoms with Crippen LogP contribution < -0.4 is 31.3 Å². The zero-order chi connectivity index (χ0) is 28.3. The van der Waals surface area contributed by atoms with Crippen molar-refractivity contribution in [1.82, 2.24) is 21.3 Å². The normalized spacial score (nSPS) is 13.3. The van der Waals surface area contributed by atoms with E-state index in [2.05, 4.69) is 32.6 Å². The van der Waals surface area contributed by atoms with Gasteiger partial charge in [-0.1, -0.05) is 34.6 Å². The molecule has 1 aliphatic rings. The lowest BCUT2D eigenvalue weighted by Gasteiger charge is -2.22. The Balaban J connectivity index is 1.85. The van der Waals surface area contributed by atoms with E-state index in [1.54, 1.807) is 36.3 Å². The third kappa shape index (κ3) is 6.40. The maximum absolute atomic E-state index is 13.3. The fourth-order valence-electron chi connectivity index (χ4n) is 3.60. The molecule has 202 valence electrons. The van der Waals surface area contributed by atoms with Gasteiger partial charge in [0.15, 0.2) is 0 Å². The summed E-state index contributed by atoms with van der Waals surface area (Å²) in [6.45, 7) is 11.7. The zero-order valence-electron chi connectivity index (χ0n) is 22.8. The van der Waals surface area contributed by atoms with Crippen molar-refractivity contribution < 1.29 is 19.4 Å². The number of aliphatic hydroxyl groups is 1. The highest BCUT2D eigenvalue weighted by molar-refractivity contribution is 6.07. The van der Waals surface area contributed by atoms with Gasteiger partial charge in [-0.05, 0) is 36.1 Å². The van der Waals surface area contributed by atoms with Gasteiger partial charge in [-0.3, -0.25) is 25.0 Å². The molecule has 0 aliphatic carbocycles. The first-order valence-corrected chi connectivity index (χ1v) is 12.1.